The van der Waals surface area contributed by atoms with Crippen molar-refractivity contribution in [1.29, 1.82) is 5.26 Å². The van der Waals surface area contributed by atoms with Crippen LogP contribution in [-0.4, -0.2) is 13.0 Å². The van der Waals surface area contributed by atoms with Gasteiger partial charge in [0.05, 0.1) is 12.1 Å². The zero-order valence-electron chi connectivity index (χ0n) is 13.9. The molecule has 0 saturated heterocycles. The number of ether oxygens (including phenoxy) is 1. The van der Waals surface area contributed by atoms with E-state index in [2.05, 4.69) is 12.2 Å². The third-order valence-corrected chi connectivity index (χ3v) is 4.48. The normalized spacial score (nSPS) is 19.2. The number of halogens is 1. The molecule has 1 fully saturated rings. The maximum absolute atomic E-state index is 12.3. The summed E-state index contributed by atoms with van der Waals surface area (Å²) in [5, 5.41) is 12.3. The first kappa shape index (κ1) is 17.1. The van der Waals surface area contributed by atoms with Gasteiger partial charge in [-0.15, -0.1) is 0 Å². The highest BCUT2D eigenvalue weighted by molar-refractivity contribution is 6.32. The zero-order chi connectivity index (χ0) is 18.0. The van der Waals surface area contributed by atoms with Gasteiger partial charge >= 0.3 is 0 Å². The number of rotatable bonds is 5. The second-order valence-corrected chi connectivity index (χ2v) is 6.44. The largest absolute Gasteiger partial charge is 0.495 e. The molecule has 1 aromatic carbocycles. The number of benzene rings is 1. The van der Waals surface area contributed by atoms with E-state index in [0.717, 1.165) is 12.2 Å². The standard InChI is InChI=1S/C19H17ClN2O3/c1-11-7-15(11)17-6-4-14(25-17)8-12(10-21)19(23)22-13-3-5-18(24-2)16(20)9-13/h3-6,8-9,11,15H,7H2,1-2H3,(H,22,23)/b12-8+/t11-,15-/m1/s1. The summed E-state index contributed by atoms with van der Waals surface area (Å²) in [5.41, 5.74) is 0.431. The molecule has 2 aromatic rings. The van der Waals surface area contributed by atoms with Crippen LogP contribution in [0.25, 0.3) is 6.08 Å². The average molecular weight is 357 g/mol. The summed E-state index contributed by atoms with van der Waals surface area (Å²) in [5.74, 6) is 2.45. The Kier molecular flexibility index (Phi) is 4.82. The molecule has 1 N–H and O–H groups in total. The van der Waals surface area contributed by atoms with Crippen molar-refractivity contribution in [3.8, 4) is 11.8 Å². The molecule has 0 spiro atoms. The molecule has 5 nitrogen and oxygen atoms in total. The summed E-state index contributed by atoms with van der Waals surface area (Å²) in [4.78, 5) is 12.3. The lowest BCUT2D eigenvalue weighted by molar-refractivity contribution is -0.112. The Labute approximate surface area is 150 Å². The lowest BCUT2D eigenvalue weighted by Crippen LogP contribution is -2.13. The predicted octanol–water partition coefficient (Wildman–Crippen LogP) is 4.61. The van der Waals surface area contributed by atoms with Gasteiger partial charge in [-0.3, -0.25) is 4.79 Å². The van der Waals surface area contributed by atoms with Crippen LogP contribution in [0.15, 0.2) is 40.3 Å². The number of nitriles is 1. The van der Waals surface area contributed by atoms with Crippen LogP contribution in [0.2, 0.25) is 5.02 Å². The van der Waals surface area contributed by atoms with Crippen molar-refractivity contribution in [2.24, 2.45) is 5.92 Å². The average Bonchev–Trinajstić information content (AvgIpc) is 3.14. The van der Waals surface area contributed by atoms with Crippen LogP contribution in [-0.2, 0) is 4.79 Å². The van der Waals surface area contributed by atoms with Crippen molar-refractivity contribution in [2.75, 3.05) is 12.4 Å². The van der Waals surface area contributed by atoms with Crippen molar-refractivity contribution < 1.29 is 13.9 Å². The van der Waals surface area contributed by atoms with Crippen LogP contribution in [0.5, 0.6) is 5.75 Å². The van der Waals surface area contributed by atoms with E-state index in [1.807, 2.05) is 12.1 Å². The van der Waals surface area contributed by atoms with Crippen LogP contribution in [0.1, 0.15) is 30.8 Å². The summed E-state index contributed by atoms with van der Waals surface area (Å²) in [7, 11) is 1.51. The number of nitrogens with zero attached hydrogens (tertiary/aromatic N) is 1. The minimum atomic E-state index is -0.526. The fraction of sp³-hybridized carbons (Fsp3) is 0.263. The Bertz CT molecular complexity index is 879. The molecule has 0 radical (unpaired) electrons. The highest BCUT2D eigenvalue weighted by Gasteiger charge is 2.36. The van der Waals surface area contributed by atoms with Gasteiger partial charge in [0.2, 0.25) is 0 Å². The highest BCUT2D eigenvalue weighted by Crippen LogP contribution is 2.47. The van der Waals surface area contributed by atoms with E-state index in [4.69, 9.17) is 20.8 Å². The van der Waals surface area contributed by atoms with E-state index in [-0.39, 0.29) is 5.57 Å². The first-order chi connectivity index (χ1) is 12.0. The summed E-state index contributed by atoms with van der Waals surface area (Å²) in [6, 6.07) is 10.4. The van der Waals surface area contributed by atoms with E-state index < -0.39 is 5.91 Å². The number of furan rings is 1. The Morgan fingerprint density at radius 2 is 2.20 bits per heavy atom. The number of methoxy groups -OCH3 is 1. The van der Waals surface area contributed by atoms with E-state index in [9.17, 15) is 10.1 Å². The van der Waals surface area contributed by atoms with Crippen molar-refractivity contribution in [2.45, 2.75) is 19.3 Å². The number of carbonyl (C=O) groups excluding carboxylic acids is 1. The molecule has 1 saturated carbocycles. The van der Waals surface area contributed by atoms with E-state index in [1.54, 1.807) is 24.3 Å². The van der Waals surface area contributed by atoms with Crippen LogP contribution >= 0.6 is 11.6 Å². The summed E-state index contributed by atoms with van der Waals surface area (Å²) in [6.45, 7) is 2.16. The minimum absolute atomic E-state index is 0.0447. The van der Waals surface area contributed by atoms with Crippen molar-refractivity contribution in [3.63, 3.8) is 0 Å². The SMILES string of the molecule is COc1ccc(NC(=O)/C(C#N)=C/c2ccc([C@@H]3C[C@H]3C)o2)cc1Cl. The minimum Gasteiger partial charge on any atom is -0.495 e. The van der Waals surface area contributed by atoms with Gasteiger partial charge in [-0.1, -0.05) is 18.5 Å². The molecule has 25 heavy (non-hydrogen) atoms. The van der Waals surface area contributed by atoms with Gasteiger partial charge in [0.1, 0.15) is 28.9 Å². The number of amides is 1. The molecular weight excluding hydrogens is 340 g/mol. The van der Waals surface area contributed by atoms with Crippen molar-refractivity contribution >= 4 is 29.3 Å². The topological polar surface area (TPSA) is 75.3 Å². The molecule has 2 atom stereocenters. The smallest absolute Gasteiger partial charge is 0.266 e. The van der Waals surface area contributed by atoms with Gasteiger partial charge in [0.25, 0.3) is 5.91 Å². The second kappa shape index (κ2) is 7.04. The molecule has 1 aliphatic rings. The lowest BCUT2D eigenvalue weighted by Gasteiger charge is -2.07. The lowest BCUT2D eigenvalue weighted by atomic mass is 10.2. The summed E-state index contributed by atoms with van der Waals surface area (Å²) < 4.78 is 10.8. The first-order valence-electron chi connectivity index (χ1n) is 7.88. The summed E-state index contributed by atoms with van der Waals surface area (Å²) in [6.07, 6.45) is 2.55. The molecular formula is C19H17ClN2O3. The number of hydrogen-bond acceptors (Lipinski definition) is 4. The van der Waals surface area contributed by atoms with Gasteiger partial charge in [-0.05, 0) is 42.7 Å². The van der Waals surface area contributed by atoms with Gasteiger partial charge in [0.15, 0.2) is 0 Å². The van der Waals surface area contributed by atoms with Crippen LogP contribution < -0.4 is 10.1 Å². The maximum atomic E-state index is 12.3. The van der Waals surface area contributed by atoms with Crippen molar-refractivity contribution in [3.05, 3.63) is 52.4 Å². The predicted molar refractivity (Wildman–Crippen MR) is 95.5 cm³/mol. The Morgan fingerprint density at radius 1 is 1.44 bits per heavy atom. The molecule has 128 valence electrons. The maximum Gasteiger partial charge on any atom is 0.266 e. The second-order valence-electron chi connectivity index (χ2n) is 6.03. The van der Waals surface area contributed by atoms with Crippen LogP contribution in [0, 0.1) is 17.2 Å². The van der Waals surface area contributed by atoms with Crippen LogP contribution in [0.4, 0.5) is 5.69 Å². The number of anilines is 1. The van der Waals surface area contributed by atoms with E-state index >= 15 is 0 Å². The monoisotopic (exact) mass is 356 g/mol. The van der Waals surface area contributed by atoms with E-state index in [1.165, 1.54) is 13.2 Å². The molecule has 1 aromatic heterocycles. The third-order valence-electron chi connectivity index (χ3n) is 4.18. The zero-order valence-corrected chi connectivity index (χ0v) is 14.6. The van der Waals surface area contributed by atoms with Gasteiger partial charge in [0, 0.05) is 17.7 Å². The molecule has 0 bridgehead atoms. The Balaban J connectivity index is 1.74. The van der Waals surface area contributed by atoms with Gasteiger partial charge in [-0.25, -0.2) is 0 Å². The van der Waals surface area contributed by atoms with Gasteiger partial charge < -0.3 is 14.5 Å². The van der Waals surface area contributed by atoms with Gasteiger partial charge in [-0.2, -0.15) is 5.26 Å². The summed E-state index contributed by atoms with van der Waals surface area (Å²) >= 11 is 6.04. The Hall–Kier alpha value is -2.71. The molecule has 1 amide bonds. The Morgan fingerprint density at radius 3 is 2.80 bits per heavy atom. The fourth-order valence-corrected chi connectivity index (χ4v) is 2.85. The highest BCUT2D eigenvalue weighted by atomic mass is 35.5. The first-order valence-corrected chi connectivity index (χ1v) is 8.26. The molecule has 1 aliphatic carbocycles. The molecule has 0 unspecified atom stereocenters. The number of carbonyl (C=O) groups is 1. The van der Waals surface area contributed by atoms with E-state index in [0.29, 0.717) is 34.1 Å². The fourth-order valence-electron chi connectivity index (χ4n) is 2.60. The number of hydrogen-bond donors (Lipinski definition) is 1. The van der Waals surface area contributed by atoms with Crippen LogP contribution in [0.3, 0.4) is 0 Å². The third kappa shape index (κ3) is 3.86. The molecule has 1 heterocycles. The number of nitrogens with one attached hydrogen (secondary N) is 1. The van der Waals surface area contributed by atoms with Crippen molar-refractivity contribution in [1.82, 2.24) is 0 Å². The molecule has 0 aliphatic heterocycles. The molecule has 6 heteroatoms. The molecule has 3 rings (SSSR count). The quantitative estimate of drug-likeness (QED) is 0.627.